The highest BCUT2D eigenvalue weighted by Crippen LogP contribution is 2.13. The van der Waals surface area contributed by atoms with Gasteiger partial charge in [0.1, 0.15) is 0 Å². The average Bonchev–Trinajstić information content (AvgIpc) is 2.14. The molecule has 0 aliphatic carbocycles. The van der Waals surface area contributed by atoms with Crippen LogP contribution >= 0.6 is 15.9 Å². The molecule has 0 aromatic heterocycles. The van der Waals surface area contributed by atoms with Gasteiger partial charge in [-0.15, -0.1) is 0 Å². The molecule has 0 amide bonds. The van der Waals surface area contributed by atoms with Crippen LogP contribution in [0.25, 0.3) is 0 Å². The van der Waals surface area contributed by atoms with Crippen LogP contribution in [0.15, 0.2) is 33.8 Å². The van der Waals surface area contributed by atoms with Crippen molar-refractivity contribution < 1.29 is 0 Å². The summed E-state index contributed by atoms with van der Waals surface area (Å²) in [5.41, 5.74) is 2.06. The SMILES string of the molecule is CCC/C(=N\N)c1cccc(Br)c1. The van der Waals surface area contributed by atoms with Crippen LogP contribution in [0.1, 0.15) is 25.3 Å². The fourth-order valence-corrected chi connectivity index (χ4v) is 1.59. The van der Waals surface area contributed by atoms with Gasteiger partial charge in [0, 0.05) is 4.47 Å². The Morgan fingerprint density at radius 3 is 2.85 bits per heavy atom. The van der Waals surface area contributed by atoms with Crippen LogP contribution in [0, 0.1) is 0 Å². The minimum Gasteiger partial charge on any atom is -0.323 e. The van der Waals surface area contributed by atoms with Crippen LogP contribution in [0.2, 0.25) is 0 Å². The maximum absolute atomic E-state index is 5.31. The first kappa shape index (κ1) is 10.3. The second-order valence-electron chi connectivity index (χ2n) is 2.84. The second-order valence-corrected chi connectivity index (χ2v) is 3.75. The summed E-state index contributed by atoms with van der Waals surface area (Å²) in [6, 6.07) is 8.03. The van der Waals surface area contributed by atoms with E-state index in [4.69, 9.17) is 5.84 Å². The van der Waals surface area contributed by atoms with Crippen molar-refractivity contribution in [2.24, 2.45) is 10.9 Å². The standard InChI is InChI=1S/C10H13BrN2/c1-2-4-10(13-12)8-5-3-6-9(11)7-8/h3,5-7H,2,4,12H2,1H3/b13-10+. The Kier molecular flexibility index (Phi) is 3.96. The summed E-state index contributed by atoms with van der Waals surface area (Å²) < 4.78 is 1.06. The number of nitrogens with zero attached hydrogens (tertiary/aromatic N) is 1. The summed E-state index contributed by atoms with van der Waals surface area (Å²) in [4.78, 5) is 0. The molecule has 70 valence electrons. The molecule has 0 fully saturated rings. The van der Waals surface area contributed by atoms with E-state index in [0.29, 0.717) is 0 Å². The molecular formula is C10H13BrN2. The first-order valence-electron chi connectivity index (χ1n) is 4.30. The minimum atomic E-state index is 0.924. The van der Waals surface area contributed by atoms with E-state index in [1.165, 1.54) is 0 Å². The third-order valence-electron chi connectivity index (χ3n) is 1.80. The van der Waals surface area contributed by atoms with Crippen molar-refractivity contribution in [2.75, 3.05) is 0 Å². The molecule has 0 atom stereocenters. The van der Waals surface area contributed by atoms with E-state index in [-0.39, 0.29) is 0 Å². The quantitative estimate of drug-likeness (QED) is 0.493. The van der Waals surface area contributed by atoms with E-state index in [2.05, 4.69) is 28.0 Å². The van der Waals surface area contributed by atoms with E-state index in [0.717, 1.165) is 28.6 Å². The van der Waals surface area contributed by atoms with Crippen molar-refractivity contribution >= 4 is 21.6 Å². The fourth-order valence-electron chi connectivity index (χ4n) is 1.19. The van der Waals surface area contributed by atoms with Crippen molar-refractivity contribution in [3.8, 4) is 0 Å². The Morgan fingerprint density at radius 2 is 2.31 bits per heavy atom. The largest absolute Gasteiger partial charge is 0.323 e. The molecule has 0 aliphatic rings. The zero-order valence-electron chi connectivity index (χ0n) is 7.63. The highest BCUT2D eigenvalue weighted by Gasteiger charge is 2.01. The van der Waals surface area contributed by atoms with Gasteiger partial charge in [-0.1, -0.05) is 41.4 Å². The summed E-state index contributed by atoms with van der Waals surface area (Å²) in [6.07, 6.45) is 1.98. The number of hydrazone groups is 1. The minimum absolute atomic E-state index is 0.924. The molecule has 1 aromatic carbocycles. The van der Waals surface area contributed by atoms with E-state index in [9.17, 15) is 0 Å². The van der Waals surface area contributed by atoms with Gasteiger partial charge in [-0.2, -0.15) is 5.10 Å². The lowest BCUT2D eigenvalue weighted by atomic mass is 10.1. The predicted molar refractivity (Wildman–Crippen MR) is 59.8 cm³/mol. The van der Waals surface area contributed by atoms with Gasteiger partial charge in [-0.3, -0.25) is 0 Å². The van der Waals surface area contributed by atoms with Gasteiger partial charge < -0.3 is 5.84 Å². The van der Waals surface area contributed by atoms with Crippen LogP contribution in [-0.4, -0.2) is 5.71 Å². The lowest BCUT2D eigenvalue weighted by molar-refractivity contribution is 0.982. The normalized spacial score (nSPS) is 11.7. The number of benzene rings is 1. The van der Waals surface area contributed by atoms with Crippen LogP contribution in [0.3, 0.4) is 0 Å². The maximum Gasteiger partial charge on any atom is 0.0673 e. The molecule has 13 heavy (non-hydrogen) atoms. The molecule has 0 spiro atoms. The third kappa shape index (κ3) is 2.84. The highest BCUT2D eigenvalue weighted by molar-refractivity contribution is 9.10. The van der Waals surface area contributed by atoms with E-state index >= 15 is 0 Å². The summed E-state index contributed by atoms with van der Waals surface area (Å²) in [7, 11) is 0. The van der Waals surface area contributed by atoms with Gasteiger partial charge in [0.15, 0.2) is 0 Å². The molecular weight excluding hydrogens is 228 g/mol. The van der Waals surface area contributed by atoms with Crippen molar-refractivity contribution in [1.82, 2.24) is 0 Å². The van der Waals surface area contributed by atoms with E-state index in [1.807, 2.05) is 24.3 Å². The zero-order chi connectivity index (χ0) is 9.68. The summed E-state index contributed by atoms with van der Waals surface area (Å²) in [5.74, 6) is 5.31. The van der Waals surface area contributed by atoms with E-state index < -0.39 is 0 Å². The molecule has 0 radical (unpaired) electrons. The maximum atomic E-state index is 5.31. The molecule has 3 heteroatoms. The molecule has 2 nitrogen and oxygen atoms in total. The molecule has 1 aromatic rings. The molecule has 1 rings (SSSR count). The third-order valence-corrected chi connectivity index (χ3v) is 2.29. The lowest BCUT2D eigenvalue weighted by Crippen LogP contribution is -2.03. The number of halogens is 1. The number of hydrogen-bond donors (Lipinski definition) is 1. The monoisotopic (exact) mass is 240 g/mol. The Balaban J connectivity index is 2.92. The Morgan fingerprint density at radius 1 is 1.54 bits per heavy atom. The Bertz CT molecular complexity index is 308. The predicted octanol–water partition coefficient (Wildman–Crippen LogP) is 2.91. The molecule has 0 saturated carbocycles. The first-order chi connectivity index (χ1) is 6.27. The van der Waals surface area contributed by atoms with Crippen LogP contribution < -0.4 is 5.84 Å². The molecule has 0 aliphatic heterocycles. The summed E-state index contributed by atoms with van der Waals surface area (Å²) in [5, 5.41) is 3.78. The van der Waals surface area contributed by atoms with Gasteiger partial charge >= 0.3 is 0 Å². The lowest BCUT2D eigenvalue weighted by Gasteiger charge is -2.03. The smallest absolute Gasteiger partial charge is 0.0673 e. The number of rotatable bonds is 3. The molecule has 0 saturated heterocycles. The first-order valence-corrected chi connectivity index (χ1v) is 5.10. The van der Waals surface area contributed by atoms with Crippen molar-refractivity contribution in [3.05, 3.63) is 34.3 Å². The number of nitrogens with two attached hydrogens (primary N) is 1. The zero-order valence-corrected chi connectivity index (χ0v) is 9.21. The van der Waals surface area contributed by atoms with Crippen molar-refractivity contribution in [1.29, 1.82) is 0 Å². The molecule has 2 N–H and O–H groups in total. The second kappa shape index (κ2) is 5.02. The van der Waals surface area contributed by atoms with Gasteiger partial charge in [0.05, 0.1) is 5.71 Å². The molecule has 0 unspecified atom stereocenters. The van der Waals surface area contributed by atoms with Gasteiger partial charge in [0.2, 0.25) is 0 Å². The molecule has 0 bridgehead atoms. The van der Waals surface area contributed by atoms with E-state index in [1.54, 1.807) is 0 Å². The van der Waals surface area contributed by atoms with Crippen LogP contribution in [0.5, 0.6) is 0 Å². The summed E-state index contributed by atoms with van der Waals surface area (Å²) >= 11 is 3.41. The van der Waals surface area contributed by atoms with Crippen molar-refractivity contribution in [3.63, 3.8) is 0 Å². The van der Waals surface area contributed by atoms with Crippen LogP contribution in [-0.2, 0) is 0 Å². The topological polar surface area (TPSA) is 38.4 Å². The Hall–Kier alpha value is -0.830. The fraction of sp³-hybridized carbons (Fsp3) is 0.300. The van der Waals surface area contributed by atoms with Gasteiger partial charge in [-0.05, 0) is 24.1 Å². The van der Waals surface area contributed by atoms with Crippen LogP contribution in [0.4, 0.5) is 0 Å². The summed E-state index contributed by atoms with van der Waals surface area (Å²) in [6.45, 7) is 2.11. The van der Waals surface area contributed by atoms with Gasteiger partial charge in [-0.25, -0.2) is 0 Å². The molecule has 0 heterocycles. The van der Waals surface area contributed by atoms with Gasteiger partial charge in [0.25, 0.3) is 0 Å². The average molecular weight is 241 g/mol. The Labute approximate surface area is 87.0 Å². The number of hydrogen-bond acceptors (Lipinski definition) is 2. The highest BCUT2D eigenvalue weighted by atomic mass is 79.9. The van der Waals surface area contributed by atoms with Crippen molar-refractivity contribution in [2.45, 2.75) is 19.8 Å².